The van der Waals surface area contributed by atoms with Gasteiger partial charge in [0.25, 0.3) is 0 Å². The van der Waals surface area contributed by atoms with E-state index in [1.54, 1.807) is 0 Å². The first-order valence-electron chi connectivity index (χ1n) is 3.75. The molecule has 0 aliphatic carbocycles. The van der Waals surface area contributed by atoms with E-state index in [0.29, 0.717) is 0 Å². The van der Waals surface area contributed by atoms with Crippen molar-refractivity contribution in [1.29, 1.82) is 0 Å². The maximum atomic E-state index is 10.3. The zero-order chi connectivity index (χ0) is 10.6. The molecule has 0 aliphatic heterocycles. The van der Waals surface area contributed by atoms with Crippen LogP contribution >= 0.6 is 12.6 Å². The van der Waals surface area contributed by atoms with Crippen LogP contribution in [0.3, 0.4) is 0 Å². The summed E-state index contributed by atoms with van der Waals surface area (Å²) in [5, 5.41) is 34.6. The first kappa shape index (κ1) is 9.94. The van der Waals surface area contributed by atoms with E-state index >= 15 is 0 Å². The molecule has 12 heavy (non-hydrogen) atoms. The first-order valence-corrected chi connectivity index (χ1v) is 3.77. The number of rotatable bonds is 5. The predicted molar refractivity (Wildman–Crippen MR) is 43.9 cm³/mol. The molecule has 0 radical (unpaired) electrons. The van der Waals surface area contributed by atoms with Crippen LogP contribution in [0.15, 0.2) is 0 Å². The lowest BCUT2D eigenvalue weighted by molar-refractivity contribution is -0.126. The van der Waals surface area contributed by atoms with E-state index in [1.807, 2.05) is 0 Å². The van der Waals surface area contributed by atoms with Crippen LogP contribution in [0.1, 0.15) is 1.37 Å². The molecule has 0 fully saturated rings. The van der Waals surface area contributed by atoms with E-state index in [0.717, 1.165) is 0 Å². The van der Waals surface area contributed by atoms with Crippen molar-refractivity contribution in [3.63, 3.8) is 0 Å². The third kappa shape index (κ3) is 3.08. The second-order valence-electron chi connectivity index (χ2n) is 2.29. The van der Waals surface area contributed by atoms with Gasteiger partial charge < -0.3 is 25.2 Å². The van der Waals surface area contributed by atoms with Crippen LogP contribution in [-0.4, -0.2) is 56.9 Å². The SMILES string of the molecule is [2H]C(=O)[C@H](O)[C@@H](O)[C@H](O)[C@H](S)CO. The molecule has 0 aromatic heterocycles. The number of aliphatic hydroxyl groups is 4. The molecule has 0 saturated heterocycles. The molecule has 0 heterocycles. The fourth-order valence-corrected chi connectivity index (χ4v) is 0.768. The number of aldehydes is 1. The van der Waals surface area contributed by atoms with Crippen molar-refractivity contribution < 1.29 is 26.6 Å². The highest BCUT2D eigenvalue weighted by Gasteiger charge is 2.28. The van der Waals surface area contributed by atoms with E-state index < -0.39 is 36.4 Å². The van der Waals surface area contributed by atoms with Gasteiger partial charge in [-0.25, -0.2) is 0 Å². The molecular weight excluding hydrogens is 184 g/mol. The molecule has 0 aromatic rings. The summed E-state index contributed by atoms with van der Waals surface area (Å²) in [5.74, 6) is 0. The van der Waals surface area contributed by atoms with Crippen molar-refractivity contribution >= 4 is 18.9 Å². The molecule has 0 spiro atoms. The number of thiol groups is 1. The summed E-state index contributed by atoms with van der Waals surface area (Å²) in [6.45, 7) is -0.514. The van der Waals surface area contributed by atoms with Gasteiger partial charge in [-0.3, -0.25) is 0 Å². The van der Waals surface area contributed by atoms with Crippen molar-refractivity contribution in [2.24, 2.45) is 0 Å². The van der Waals surface area contributed by atoms with E-state index in [-0.39, 0.29) is 0 Å². The lowest BCUT2D eigenvalue weighted by Crippen LogP contribution is -2.44. The van der Waals surface area contributed by atoms with Crippen LogP contribution < -0.4 is 0 Å². The van der Waals surface area contributed by atoms with Crippen LogP contribution in [-0.2, 0) is 4.79 Å². The monoisotopic (exact) mass is 197 g/mol. The van der Waals surface area contributed by atoms with Crippen molar-refractivity contribution in [2.45, 2.75) is 23.6 Å². The Morgan fingerprint density at radius 1 is 1.42 bits per heavy atom. The summed E-state index contributed by atoms with van der Waals surface area (Å²) in [4.78, 5) is 10.3. The zero-order valence-electron chi connectivity index (χ0n) is 7.16. The van der Waals surface area contributed by atoms with Crippen LogP contribution in [0.2, 0.25) is 0 Å². The topological polar surface area (TPSA) is 98.0 Å². The van der Waals surface area contributed by atoms with Crippen LogP contribution in [0.5, 0.6) is 0 Å². The van der Waals surface area contributed by atoms with Gasteiger partial charge in [0.15, 0.2) is 6.26 Å². The Labute approximate surface area is 76.5 Å². The molecule has 4 atom stereocenters. The van der Waals surface area contributed by atoms with Gasteiger partial charge in [0.1, 0.15) is 13.6 Å². The average molecular weight is 197 g/mol. The van der Waals surface area contributed by atoms with Gasteiger partial charge >= 0.3 is 0 Å². The van der Waals surface area contributed by atoms with E-state index in [1.165, 1.54) is 0 Å². The summed E-state index contributed by atoms with van der Waals surface area (Å²) in [7, 11) is 0. The fraction of sp³-hybridized carbons (Fsp3) is 0.833. The Morgan fingerprint density at radius 3 is 2.25 bits per heavy atom. The Morgan fingerprint density at radius 2 is 1.92 bits per heavy atom. The quantitative estimate of drug-likeness (QED) is 0.249. The Kier molecular flexibility index (Phi) is 4.55. The molecule has 4 N–H and O–H groups in total. The molecule has 0 bridgehead atoms. The highest BCUT2D eigenvalue weighted by Crippen LogP contribution is 2.08. The van der Waals surface area contributed by atoms with E-state index in [2.05, 4.69) is 12.6 Å². The molecular formula is C6H12O5S. The van der Waals surface area contributed by atoms with Crippen molar-refractivity contribution in [3.8, 4) is 0 Å². The summed E-state index contributed by atoms with van der Waals surface area (Å²) >= 11 is 3.68. The summed E-state index contributed by atoms with van der Waals surface area (Å²) in [5.41, 5.74) is 0. The highest BCUT2D eigenvalue weighted by molar-refractivity contribution is 7.81. The van der Waals surface area contributed by atoms with Crippen molar-refractivity contribution in [2.75, 3.05) is 6.61 Å². The first-order chi connectivity index (χ1) is 5.91. The molecule has 0 aliphatic rings. The third-order valence-corrected chi connectivity index (χ3v) is 1.84. The Bertz CT molecular complexity index is 178. The number of hydrogen-bond acceptors (Lipinski definition) is 6. The van der Waals surface area contributed by atoms with Gasteiger partial charge in [-0.1, -0.05) is 0 Å². The maximum Gasteiger partial charge on any atom is 0.151 e. The molecule has 6 heteroatoms. The third-order valence-electron chi connectivity index (χ3n) is 1.38. The second kappa shape index (κ2) is 5.50. The average Bonchev–Trinajstić information content (AvgIpc) is 2.12. The standard InChI is InChI=1S/C6H12O5S/c7-1-3(9)5(10)6(11)4(12)2-8/h1,3-6,8-12H,2H2/t3-,4+,5+,6+/m0/s1/i1D. The van der Waals surface area contributed by atoms with Gasteiger partial charge in [0.05, 0.1) is 18.0 Å². The van der Waals surface area contributed by atoms with Gasteiger partial charge in [0, 0.05) is 0 Å². The van der Waals surface area contributed by atoms with Gasteiger partial charge in [-0.2, -0.15) is 12.6 Å². The van der Waals surface area contributed by atoms with E-state index in [9.17, 15) is 4.79 Å². The smallest absolute Gasteiger partial charge is 0.151 e. The summed E-state index contributed by atoms with van der Waals surface area (Å²) in [6, 6.07) is 0. The normalized spacial score (nSPS) is 22.2. The Hall–Kier alpha value is -0.140. The zero-order valence-corrected chi connectivity index (χ0v) is 7.06. The van der Waals surface area contributed by atoms with Crippen molar-refractivity contribution in [3.05, 3.63) is 0 Å². The summed E-state index contributed by atoms with van der Waals surface area (Å²) in [6.07, 6.45) is -6.74. The lowest BCUT2D eigenvalue weighted by atomic mass is 10.1. The number of hydrogen-bond donors (Lipinski definition) is 5. The molecule has 0 saturated carbocycles. The minimum absolute atomic E-state index is 0.514. The maximum absolute atomic E-state index is 10.3. The molecule has 72 valence electrons. The van der Waals surface area contributed by atoms with Crippen molar-refractivity contribution in [1.82, 2.24) is 0 Å². The molecule has 0 rings (SSSR count). The summed E-state index contributed by atoms with van der Waals surface area (Å²) < 4.78 is 6.46. The number of carbonyl (C=O) groups is 1. The highest BCUT2D eigenvalue weighted by atomic mass is 32.1. The number of carbonyl (C=O) groups excluding carboxylic acids is 1. The molecule has 5 nitrogen and oxygen atoms in total. The fourth-order valence-electron chi connectivity index (χ4n) is 0.592. The van der Waals surface area contributed by atoms with Gasteiger partial charge in [0.2, 0.25) is 0 Å². The number of aliphatic hydroxyl groups excluding tert-OH is 4. The van der Waals surface area contributed by atoms with Crippen LogP contribution in [0.25, 0.3) is 0 Å². The van der Waals surface area contributed by atoms with E-state index in [4.69, 9.17) is 21.8 Å². The molecule has 0 aromatic carbocycles. The molecule has 0 unspecified atom stereocenters. The Balaban J connectivity index is 4.24. The van der Waals surface area contributed by atoms with Gasteiger partial charge in [-0.15, -0.1) is 0 Å². The predicted octanol–water partition coefficient (Wildman–Crippen LogP) is -2.44. The second-order valence-corrected chi connectivity index (χ2v) is 2.96. The van der Waals surface area contributed by atoms with Gasteiger partial charge in [-0.05, 0) is 0 Å². The minimum Gasteiger partial charge on any atom is -0.395 e. The lowest BCUT2D eigenvalue weighted by Gasteiger charge is -2.22. The minimum atomic E-state index is -1.98. The largest absolute Gasteiger partial charge is 0.395 e. The van der Waals surface area contributed by atoms with Crippen LogP contribution in [0.4, 0.5) is 0 Å². The molecule has 0 amide bonds. The van der Waals surface area contributed by atoms with Crippen LogP contribution in [0, 0.1) is 0 Å².